The van der Waals surface area contributed by atoms with Gasteiger partial charge in [-0.3, -0.25) is 9.59 Å². The van der Waals surface area contributed by atoms with Gasteiger partial charge in [-0.25, -0.2) is 0 Å². The lowest BCUT2D eigenvalue weighted by Crippen LogP contribution is -2.24. The summed E-state index contributed by atoms with van der Waals surface area (Å²) in [6.45, 7) is 1.73. The van der Waals surface area contributed by atoms with Crippen molar-refractivity contribution < 1.29 is 9.90 Å². The summed E-state index contributed by atoms with van der Waals surface area (Å²) in [6, 6.07) is 16.3. The Hall–Kier alpha value is -3.34. The van der Waals surface area contributed by atoms with Crippen molar-refractivity contribution in [2.75, 3.05) is 5.32 Å². The van der Waals surface area contributed by atoms with Crippen molar-refractivity contribution in [3.8, 4) is 5.75 Å². The van der Waals surface area contributed by atoms with Gasteiger partial charge < -0.3 is 15.0 Å². The summed E-state index contributed by atoms with van der Waals surface area (Å²) >= 11 is 0. The zero-order chi connectivity index (χ0) is 18.0. The summed E-state index contributed by atoms with van der Waals surface area (Å²) in [4.78, 5) is 25.1. The van der Waals surface area contributed by atoms with Crippen LogP contribution in [0, 0.1) is 0 Å². The summed E-state index contributed by atoms with van der Waals surface area (Å²) in [6.07, 6.45) is 1.32. The van der Waals surface area contributed by atoms with Crippen molar-refractivity contribution in [2.45, 2.75) is 6.92 Å². The first-order valence-corrected chi connectivity index (χ1v) is 7.84. The van der Waals surface area contributed by atoms with Crippen LogP contribution in [0.15, 0.2) is 71.2 Å². The SMILES string of the molecule is CC(=CC(=O)c1c(O)c2ccccc2n(C)c1=O)Nc1ccccc1. The number of carbonyl (C=O) groups is 1. The van der Waals surface area contributed by atoms with Crippen molar-refractivity contribution in [2.24, 2.45) is 7.05 Å². The quantitative estimate of drug-likeness (QED) is 0.566. The molecule has 0 aliphatic rings. The third-order valence-electron chi connectivity index (χ3n) is 3.99. The number of nitrogens with one attached hydrogen (secondary N) is 1. The Morgan fingerprint density at radius 2 is 1.72 bits per heavy atom. The van der Waals surface area contributed by atoms with Crippen LogP contribution in [0.5, 0.6) is 5.75 Å². The smallest absolute Gasteiger partial charge is 0.265 e. The fourth-order valence-corrected chi connectivity index (χ4v) is 2.76. The number of allylic oxidation sites excluding steroid dienone is 2. The Labute approximate surface area is 144 Å². The highest BCUT2D eigenvalue weighted by atomic mass is 16.3. The standard InChI is InChI=1S/C20H18N2O3/c1-13(21-14-8-4-3-5-9-14)12-17(23)18-19(24)15-10-6-7-11-16(15)22(2)20(18)25/h3-12,21,24H,1-2H3. The molecule has 0 aliphatic heterocycles. The van der Waals surface area contributed by atoms with E-state index in [4.69, 9.17) is 0 Å². The van der Waals surface area contributed by atoms with Crippen molar-refractivity contribution in [1.82, 2.24) is 4.57 Å². The number of benzene rings is 2. The lowest BCUT2D eigenvalue weighted by atomic mass is 10.1. The molecule has 2 aromatic carbocycles. The number of aromatic hydroxyl groups is 1. The van der Waals surface area contributed by atoms with Gasteiger partial charge in [0.05, 0.1) is 5.52 Å². The summed E-state index contributed by atoms with van der Waals surface area (Å²) in [5.41, 5.74) is 1.23. The van der Waals surface area contributed by atoms with E-state index in [-0.39, 0.29) is 11.3 Å². The maximum absolute atomic E-state index is 12.6. The molecule has 0 saturated heterocycles. The highest BCUT2D eigenvalue weighted by Crippen LogP contribution is 2.26. The number of hydrogen-bond donors (Lipinski definition) is 2. The normalized spacial score (nSPS) is 11.5. The molecule has 126 valence electrons. The molecule has 0 bridgehead atoms. The number of ketones is 1. The zero-order valence-electron chi connectivity index (χ0n) is 14.0. The van der Waals surface area contributed by atoms with Crippen LogP contribution in [0.3, 0.4) is 0 Å². The topological polar surface area (TPSA) is 71.3 Å². The van der Waals surface area contributed by atoms with Gasteiger partial charge in [0.15, 0.2) is 5.78 Å². The number of para-hydroxylation sites is 2. The minimum Gasteiger partial charge on any atom is -0.506 e. The predicted molar refractivity (Wildman–Crippen MR) is 99.0 cm³/mol. The molecule has 3 aromatic rings. The number of aryl methyl sites for hydroxylation is 1. The molecule has 1 aromatic heterocycles. The number of rotatable bonds is 4. The Morgan fingerprint density at radius 1 is 1.08 bits per heavy atom. The van der Waals surface area contributed by atoms with Crippen LogP contribution in [-0.4, -0.2) is 15.5 Å². The number of pyridine rings is 1. The Balaban J connectivity index is 2.03. The van der Waals surface area contributed by atoms with Gasteiger partial charge in [-0.1, -0.05) is 30.3 Å². The van der Waals surface area contributed by atoms with Crippen molar-refractivity contribution in [3.63, 3.8) is 0 Å². The molecule has 0 radical (unpaired) electrons. The highest BCUT2D eigenvalue weighted by molar-refractivity contribution is 6.09. The van der Waals surface area contributed by atoms with E-state index in [9.17, 15) is 14.7 Å². The molecule has 5 heteroatoms. The monoisotopic (exact) mass is 334 g/mol. The van der Waals surface area contributed by atoms with Crippen molar-refractivity contribution >= 4 is 22.4 Å². The average Bonchev–Trinajstić information content (AvgIpc) is 2.60. The second-order valence-corrected chi connectivity index (χ2v) is 5.79. The first-order valence-electron chi connectivity index (χ1n) is 7.84. The molecule has 5 nitrogen and oxygen atoms in total. The van der Waals surface area contributed by atoms with E-state index >= 15 is 0 Å². The van der Waals surface area contributed by atoms with Gasteiger partial charge in [-0.05, 0) is 31.2 Å². The van der Waals surface area contributed by atoms with Gasteiger partial charge in [0.2, 0.25) is 0 Å². The molecule has 0 atom stereocenters. The molecule has 1 heterocycles. The summed E-state index contributed by atoms with van der Waals surface area (Å²) in [5.74, 6) is -0.822. The number of carbonyl (C=O) groups excluding carboxylic acids is 1. The van der Waals surface area contributed by atoms with Crippen LogP contribution in [0.2, 0.25) is 0 Å². The fraction of sp³-hybridized carbons (Fsp3) is 0.100. The molecule has 0 spiro atoms. The first-order chi connectivity index (χ1) is 12.0. The van der Waals surface area contributed by atoms with Crippen LogP contribution < -0.4 is 10.9 Å². The van der Waals surface area contributed by atoms with Crippen LogP contribution >= 0.6 is 0 Å². The van der Waals surface area contributed by atoms with Gasteiger partial charge in [-0.15, -0.1) is 0 Å². The zero-order valence-corrected chi connectivity index (χ0v) is 14.0. The lowest BCUT2D eigenvalue weighted by Gasteiger charge is -2.10. The number of anilines is 1. The molecule has 25 heavy (non-hydrogen) atoms. The van der Waals surface area contributed by atoms with E-state index in [1.807, 2.05) is 30.3 Å². The summed E-state index contributed by atoms with van der Waals surface area (Å²) in [7, 11) is 1.58. The molecule has 2 N–H and O–H groups in total. The largest absolute Gasteiger partial charge is 0.506 e. The van der Waals surface area contributed by atoms with E-state index in [2.05, 4.69) is 5.32 Å². The Kier molecular flexibility index (Phi) is 4.39. The maximum Gasteiger partial charge on any atom is 0.265 e. The maximum atomic E-state index is 12.6. The third kappa shape index (κ3) is 3.17. The number of nitrogens with zero attached hydrogens (tertiary/aromatic N) is 1. The predicted octanol–water partition coefficient (Wildman–Crippen LogP) is 3.44. The molecule has 3 rings (SSSR count). The van der Waals surface area contributed by atoms with Crippen molar-refractivity contribution in [1.29, 1.82) is 0 Å². The molecular formula is C20H18N2O3. The fourth-order valence-electron chi connectivity index (χ4n) is 2.76. The minimum absolute atomic E-state index is 0.226. The second-order valence-electron chi connectivity index (χ2n) is 5.79. The van der Waals surface area contributed by atoms with Crippen LogP contribution in [-0.2, 0) is 7.05 Å². The molecule has 0 aliphatic carbocycles. The van der Waals surface area contributed by atoms with E-state index in [1.54, 1.807) is 38.2 Å². The first kappa shape index (κ1) is 16.5. The van der Waals surface area contributed by atoms with E-state index in [1.165, 1.54) is 10.6 Å². The van der Waals surface area contributed by atoms with Gasteiger partial charge in [0.1, 0.15) is 11.3 Å². The Morgan fingerprint density at radius 3 is 2.44 bits per heavy atom. The number of hydrogen-bond acceptors (Lipinski definition) is 4. The van der Waals surface area contributed by atoms with Crippen LogP contribution in [0.25, 0.3) is 10.9 Å². The van der Waals surface area contributed by atoms with Gasteiger partial charge in [0.25, 0.3) is 5.56 Å². The number of aromatic nitrogens is 1. The van der Waals surface area contributed by atoms with Gasteiger partial charge >= 0.3 is 0 Å². The van der Waals surface area contributed by atoms with Gasteiger partial charge in [-0.2, -0.15) is 0 Å². The van der Waals surface area contributed by atoms with E-state index < -0.39 is 11.3 Å². The van der Waals surface area contributed by atoms with Gasteiger partial charge in [0, 0.05) is 29.9 Å². The number of fused-ring (bicyclic) bond motifs is 1. The van der Waals surface area contributed by atoms with E-state index in [0.29, 0.717) is 16.6 Å². The molecule has 0 unspecified atom stereocenters. The molecular weight excluding hydrogens is 316 g/mol. The molecule has 0 fully saturated rings. The minimum atomic E-state index is -0.537. The Bertz CT molecular complexity index is 1030. The third-order valence-corrected chi connectivity index (χ3v) is 3.99. The molecule has 0 saturated carbocycles. The molecule has 0 amide bonds. The second kappa shape index (κ2) is 6.65. The summed E-state index contributed by atoms with van der Waals surface area (Å²) < 4.78 is 1.37. The highest BCUT2D eigenvalue weighted by Gasteiger charge is 2.19. The summed E-state index contributed by atoms with van der Waals surface area (Å²) in [5, 5.41) is 14.0. The van der Waals surface area contributed by atoms with Crippen molar-refractivity contribution in [3.05, 3.63) is 82.3 Å². The van der Waals surface area contributed by atoms with E-state index in [0.717, 1.165) is 5.69 Å². The van der Waals surface area contributed by atoms with Crippen LogP contribution in [0.1, 0.15) is 17.3 Å². The average molecular weight is 334 g/mol. The lowest BCUT2D eigenvalue weighted by molar-refractivity contribution is 0.104. The van der Waals surface area contributed by atoms with Crippen LogP contribution in [0.4, 0.5) is 5.69 Å².